The monoisotopic (exact) mass is 522 g/mol. The summed E-state index contributed by atoms with van der Waals surface area (Å²) in [7, 11) is 3.41. The predicted molar refractivity (Wildman–Crippen MR) is 146 cm³/mol. The molecular formula is C31H42N2O5. The Kier molecular flexibility index (Phi) is 9.00. The molecule has 0 bridgehead atoms. The van der Waals surface area contributed by atoms with Gasteiger partial charge in [-0.25, -0.2) is 0 Å². The van der Waals surface area contributed by atoms with Gasteiger partial charge in [0, 0.05) is 40.0 Å². The maximum Gasteiger partial charge on any atom is 0.230 e. The fourth-order valence-corrected chi connectivity index (χ4v) is 6.09. The molecule has 1 N–H and O–H groups in total. The van der Waals surface area contributed by atoms with E-state index in [0.717, 1.165) is 63.0 Å². The topological polar surface area (TPSA) is 69.3 Å². The summed E-state index contributed by atoms with van der Waals surface area (Å²) in [4.78, 5) is 16.5. The standard InChI is InChI=1S/C31H42N2O5/c1-35-14-5-6-23-18-24(20-27(19-23)37-17-16-36-2)22-33(26-9-10-26)30(34)29-21-32-13-12-31(29)28-8-4-3-7-25(28)11-15-38-31/h3-4,7-8,18-20,26,29,32H,5-6,9-17,21-22H2,1-2H3/t29?,31-/m0/s1. The molecule has 1 aliphatic carbocycles. The lowest BCUT2D eigenvalue weighted by molar-refractivity contribution is -0.162. The molecule has 38 heavy (non-hydrogen) atoms. The van der Waals surface area contributed by atoms with Crippen LogP contribution in [0.2, 0.25) is 0 Å². The van der Waals surface area contributed by atoms with E-state index in [1.54, 1.807) is 14.2 Å². The van der Waals surface area contributed by atoms with Crippen molar-refractivity contribution in [3.8, 4) is 5.75 Å². The molecule has 1 unspecified atom stereocenters. The van der Waals surface area contributed by atoms with Crippen molar-refractivity contribution in [2.75, 3.05) is 53.7 Å². The normalized spacial score (nSPS) is 22.7. The number of ether oxygens (including phenoxy) is 4. The first kappa shape index (κ1) is 27.1. The third-order valence-electron chi connectivity index (χ3n) is 8.11. The number of carbonyl (C=O) groups excluding carboxylic acids is 1. The number of hydrogen-bond donors (Lipinski definition) is 1. The number of benzene rings is 2. The van der Waals surface area contributed by atoms with E-state index < -0.39 is 5.60 Å². The molecule has 5 rings (SSSR count). The molecular weight excluding hydrogens is 480 g/mol. The van der Waals surface area contributed by atoms with Gasteiger partial charge in [-0.15, -0.1) is 0 Å². The van der Waals surface area contributed by atoms with Crippen LogP contribution in [0.1, 0.15) is 47.9 Å². The number of methoxy groups -OCH3 is 2. The van der Waals surface area contributed by atoms with E-state index in [-0.39, 0.29) is 17.9 Å². The van der Waals surface area contributed by atoms with Gasteiger partial charge in [-0.2, -0.15) is 0 Å². The Morgan fingerprint density at radius 2 is 1.89 bits per heavy atom. The molecule has 2 heterocycles. The molecule has 0 radical (unpaired) electrons. The largest absolute Gasteiger partial charge is 0.491 e. The first-order valence-corrected chi connectivity index (χ1v) is 14.1. The minimum atomic E-state index is -0.555. The minimum absolute atomic E-state index is 0.197. The lowest BCUT2D eigenvalue weighted by atomic mass is 9.72. The Bertz CT molecular complexity index is 1060. The second-order valence-electron chi connectivity index (χ2n) is 10.8. The third-order valence-corrected chi connectivity index (χ3v) is 8.11. The van der Waals surface area contributed by atoms with Crippen LogP contribution in [0, 0.1) is 5.92 Å². The second kappa shape index (κ2) is 12.6. The molecule has 206 valence electrons. The molecule has 7 nitrogen and oxygen atoms in total. The van der Waals surface area contributed by atoms with Crippen LogP contribution in [0.4, 0.5) is 0 Å². The van der Waals surface area contributed by atoms with Gasteiger partial charge in [0.25, 0.3) is 0 Å². The van der Waals surface area contributed by atoms with Crippen molar-refractivity contribution in [2.24, 2.45) is 5.92 Å². The maximum absolute atomic E-state index is 14.4. The number of carbonyl (C=O) groups is 1. The summed E-state index contributed by atoms with van der Waals surface area (Å²) in [6, 6.07) is 15.2. The van der Waals surface area contributed by atoms with Gasteiger partial charge in [0.2, 0.25) is 5.91 Å². The molecule has 1 saturated carbocycles. The van der Waals surface area contributed by atoms with E-state index in [1.165, 1.54) is 16.7 Å². The predicted octanol–water partition coefficient (Wildman–Crippen LogP) is 3.86. The van der Waals surface area contributed by atoms with Crippen molar-refractivity contribution < 1.29 is 23.7 Å². The van der Waals surface area contributed by atoms with Crippen LogP contribution in [-0.2, 0) is 44.0 Å². The van der Waals surface area contributed by atoms with Gasteiger partial charge in [-0.05, 0) is 79.5 Å². The SMILES string of the molecule is COCCCc1cc(CN(C(=O)C2CNCC[C@@]23OCCc2ccccc23)C2CC2)cc(OCCOC)c1. The van der Waals surface area contributed by atoms with E-state index in [9.17, 15) is 4.79 Å². The van der Waals surface area contributed by atoms with Gasteiger partial charge in [-0.1, -0.05) is 30.3 Å². The highest BCUT2D eigenvalue weighted by atomic mass is 16.5. The van der Waals surface area contributed by atoms with Crippen molar-refractivity contribution in [3.05, 3.63) is 64.7 Å². The van der Waals surface area contributed by atoms with Crippen molar-refractivity contribution in [1.29, 1.82) is 0 Å². The molecule has 2 aromatic rings. The number of hydrogen-bond acceptors (Lipinski definition) is 6. The summed E-state index contributed by atoms with van der Waals surface area (Å²) >= 11 is 0. The highest BCUT2D eigenvalue weighted by molar-refractivity contribution is 5.82. The highest BCUT2D eigenvalue weighted by Crippen LogP contribution is 2.45. The maximum atomic E-state index is 14.4. The molecule has 7 heteroatoms. The first-order valence-electron chi connectivity index (χ1n) is 14.1. The van der Waals surface area contributed by atoms with Crippen molar-refractivity contribution in [3.63, 3.8) is 0 Å². The van der Waals surface area contributed by atoms with Gasteiger partial charge in [0.15, 0.2) is 0 Å². The second-order valence-corrected chi connectivity index (χ2v) is 10.8. The molecule has 2 aromatic carbocycles. The zero-order chi connectivity index (χ0) is 26.4. The van der Waals surface area contributed by atoms with Crippen LogP contribution in [0.5, 0.6) is 5.75 Å². The third kappa shape index (κ3) is 6.07. The molecule has 2 fully saturated rings. The average molecular weight is 523 g/mol. The fourth-order valence-electron chi connectivity index (χ4n) is 6.09. The minimum Gasteiger partial charge on any atom is -0.491 e. The molecule has 2 aliphatic heterocycles. The van der Waals surface area contributed by atoms with Crippen molar-refractivity contribution in [2.45, 2.75) is 56.7 Å². The van der Waals surface area contributed by atoms with Crippen LogP contribution < -0.4 is 10.1 Å². The van der Waals surface area contributed by atoms with Crippen LogP contribution >= 0.6 is 0 Å². The Labute approximate surface area is 226 Å². The summed E-state index contributed by atoms with van der Waals surface area (Å²) in [6.07, 6.45) is 5.67. The zero-order valence-corrected chi connectivity index (χ0v) is 22.9. The number of aryl methyl sites for hydroxylation is 1. The molecule has 2 atom stereocenters. The lowest BCUT2D eigenvalue weighted by Crippen LogP contribution is -2.58. The van der Waals surface area contributed by atoms with Crippen molar-refractivity contribution >= 4 is 5.91 Å². The highest BCUT2D eigenvalue weighted by Gasteiger charge is 2.51. The average Bonchev–Trinajstić information content (AvgIpc) is 3.78. The van der Waals surface area contributed by atoms with Crippen molar-refractivity contribution in [1.82, 2.24) is 10.2 Å². The number of piperidine rings is 1. The van der Waals surface area contributed by atoms with Gasteiger partial charge >= 0.3 is 0 Å². The summed E-state index contributed by atoms with van der Waals surface area (Å²) in [5, 5.41) is 3.50. The number of nitrogens with one attached hydrogen (secondary N) is 1. The van der Waals surface area contributed by atoms with Crippen LogP contribution in [0.15, 0.2) is 42.5 Å². The van der Waals surface area contributed by atoms with E-state index in [1.807, 2.05) is 0 Å². The van der Waals surface area contributed by atoms with E-state index in [0.29, 0.717) is 32.9 Å². The van der Waals surface area contributed by atoms with Gasteiger partial charge in [0.1, 0.15) is 18.0 Å². The van der Waals surface area contributed by atoms with E-state index in [4.69, 9.17) is 18.9 Å². The smallest absolute Gasteiger partial charge is 0.230 e. The molecule has 1 spiro atoms. The van der Waals surface area contributed by atoms with Crippen LogP contribution in [-0.4, -0.2) is 70.6 Å². The Morgan fingerprint density at radius 1 is 1.08 bits per heavy atom. The molecule has 0 aromatic heterocycles. The summed E-state index contributed by atoms with van der Waals surface area (Å²) in [5.41, 5.74) is 4.28. The molecule has 1 amide bonds. The van der Waals surface area contributed by atoms with Crippen LogP contribution in [0.25, 0.3) is 0 Å². The summed E-state index contributed by atoms with van der Waals surface area (Å²) in [6.45, 7) is 4.48. The van der Waals surface area contributed by atoms with Crippen LogP contribution in [0.3, 0.4) is 0 Å². The Hall–Kier alpha value is -2.45. The quantitative estimate of drug-likeness (QED) is 0.427. The summed E-state index contributed by atoms with van der Waals surface area (Å²) < 4.78 is 23.0. The molecule has 3 aliphatic rings. The Morgan fingerprint density at radius 3 is 2.71 bits per heavy atom. The fraction of sp³-hybridized carbons (Fsp3) is 0.581. The number of amides is 1. The lowest BCUT2D eigenvalue weighted by Gasteiger charge is -2.48. The number of fused-ring (bicyclic) bond motifs is 2. The van der Waals surface area contributed by atoms with E-state index >= 15 is 0 Å². The van der Waals surface area contributed by atoms with Gasteiger partial charge < -0.3 is 29.2 Å². The zero-order valence-electron chi connectivity index (χ0n) is 22.9. The van der Waals surface area contributed by atoms with E-state index in [2.05, 4.69) is 52.7 Å². The number of rotatable bonds is 12. The Balaban J connectivity index is 1.41. The number of nitrogens with zero attached hydrogens (tertiary/aromatic N) is 1. The first-order chi connectivity index (χ1) is 18.6. The van der Waals surface area contributed by atoms with Gasteiger partial charge in [-0.3, -0.25) is 4.79 Å². The molecule has 1 saturated heterocycles. The summed E-state index contributed by atoms with van der Waals surface area (Å²) in [5.74, 6) is 0.777. The van der Waals surface area contributed by atoms with Gasteiger partial charge in [0.05, 0.1) is 19.1 Å².